The Morgan fingerprint density at radius 3 is 2.78 bits per heavy atom. The van der Waals surface area contributed by atoms with Crippen LogP contribution < -0.4 is 5.32 Å². The smallest absolute Gasteiger partial charge is 0.339 e. The normalized spacial score (nSPS) is 17.7. The van der Waals surface area contributed by atoms with Crippen molar-refractivity contribution in [1.82, 2.24) is 4.98 Å². The molecule has 1 aliphatic carbocycles. The van der Waals surface area contributed by atoms with Crippen molar-refractivity contribution in [2.24, 2.45) is 5.92 Å². The molecular formula is C13H17ClN2O2. The highest BCUT2D eigenvalue weighted by Crippen LogP contribution is 2.29. The third-order valence-corrected chi connectivity index (χ3v) is 3.77. The lowest BCUT2D eigenvalue weighted by Gasteiger charge is -2.21. The van der Waals surface area contributed by atoms with Gasteiger partial charge in [-0.3, -0.25) is 0 Å². The summed E-state index contributed by atoms with van der Waals surface area (Å²) in [5.74, 6) is -0.0258. The number of hydrogen-bond acceptors (Lipinski definition) is 3. The molecule has 1 fully saturated rings. The van der Waals surface area contributed by atoms with Crippen molar-refractivity contribution in [2.45, 2.75) is 38.6 Å². The van der Waals surface area contributed by atoms with Gasteiger partial charge in [-0.1, -0.05) is 24.4 Å². The van der Waals surface area contributed by atoms with E-state index in [1.165, 1.54) is 37.8 Å². The van der Waals surface area contributed by atoms with Gasteiger partial charge in [-0.05, 0) is 37.8 Å². The molecule has 0 aromatic carbocycles. The predicted molar refractivity (Wildman–Crippen MR) is 71.2 cm³/mol. The molecule has 1 saturated carbocycles. The van der Waals surface area contributed by atoms with Crippen molar-refractivity contribution in [3.63, 3.8) is 0 Å². The van der Waals surface area contributed by atoms with Crippen LogP contribution in [-0.4, -0.2) is 22.1 Å². The standard InChI is InChI=1S/C13H17ClN2O2/c1-8(9-4-2-3-5-9)15-12-10(13(17)18)6-7-11(14)16-12/h6-9H,2-5H2,1H3,(H,15,16)(H,17,18). The molecule has 0 aliphatic heterocycles. The van der Waals surface area contributed by atoms with Crippen molar-refractivity contribution >= 4 is 23.4 Å². The average Bonchev–Trinajstić information content (AvgIpc) is 2.81. The number of nitrogens with zero attached hydrogens (tertiary/aromatic N) is 1. The van der Waals surface area contributed by atoms with Gasteiger partial charge in [0.2, 0.25) is 0 Å². The molecule has 1 aliphatic rings. The lowest BCUT2D eigenvalue weighted by atomic mass is 9.99. The number of aromatic carboxylic acids is 1. The van der Waals surface area contributed by atoms with Crippen molar-refractivity contribution in [1.29, 1.82) is 0 Å². The predicted octanol–water partition coefficient (Wildman–Crippen LogP) is 3.42. The number of carboxylic acid groups (broad SMARTS) is 1. The molecule has 0 spiro atoms. The Morgan fingerprint density at radius 2 is 2.17 bits per heavy atom. The molecule has 1 atom stereocenters. The monoisotopic (exact) mass is 268 g/mol. The highest BCUT2D eigenvalue weighted by atomic mass is 35.5. The summed E-state index contributed by atoms with van der Waals surface area (Å²) in [7, 11) is 0. The van der Waals surface area contributed by atoms with Gasteiger partial charge in [0.25, 0.3) is 0 Å². The average molecular weight is 269 g/mol. The fourth-order valence-corrected chi connectivity index (χ4v) is 2.66. The maximum Gasteiger partial charge on any atom is 0.339 e. The van der Waals surface area contributed by atoms with Crippen LogP contribution in [0.5, 0.6) is 0 Å². The van der Waals surface area contributed by atoms with Crippen LogP contribution in [0.1, 0.15) is 43.0 Å². The second kappa shape index (κ2) is 5.57. The molecule has 2 rings (SSSR count). The van der Waals surface area contributed by atoms with Crippen LogP contribution in [0.25, 0.3) is 0 Å². The molecule has 2 N–H and O–H groups in total. The van der Waals surface area contributed by atoms with Crippen LogP contribution in [-0.2, 0) is 0 Å². The maximum absolute atomic E-state index is 11.1. The van der Waals surface area contributed by atoms with E-state index in [0.29, 0.717) is 16.9 Å². The summed E-state index contributed by atoms with van der Waals surface area (Å²) in [4.78, 5) is 15.2. The van der Waals surface area contributed by atoms with Gasteiger partial charge < -0.3 is 10.4 Å². The summed E-state index contributed by atoms with van der Waals surface area (Å²) in [5, 5.41) is 12.6. The number of nitrogens with one attached hydrogen (secondary N) is 1. The van der Waals surface area contributed by atoms with Gasteiger partial charge in [-0.15, -0.1) is 0 Å². The van der Waals surface area contributed by atoms with Crippen molar-refractivity contribution in [3.05, 3.63) is 22.8 Å². The minimum absolute atomic E-state index is 0.171. The molecule has 1 unspecified atom stereocenters. The number of halogens is 1. The van der Waals surface area contributed by atoms with Crippen LogP contribution >= 0.6 is 11.6 Å². The lowest BCUT2D eigenvalue weighted by Crippen LogP contribution is -2.25. The van der Waals surface area contributed by atoms with E-state index in [1.54, 1.807) is 0 Å². The zero-order valence-electron chi connectivity index (χ0n) is 10.3. The van der Waals surface area contributed by atoms with Gasteiger partial charge in [-0.25, -0.2) is 9.78 Å². The quantitative estimate of drug-likeness (QED) is 0.822. The Bertz CT molecular complexity index is 445. The van der Waals surface area contributed by atoms with E-state index in [9.17, 15) is 4.79 Å². The SMILES string of the molecule is CC(Nc1nc(Cl)ccc1C(=O)O)C1CCCC1. The Morgan fingerprint density at radius 1 is 1.50 bits per heavy atom. The highest BCUT2D eigenvalue weighted by molar-refractivity contribution is 6.29. The first-order valence-electron chi connectivity index (χ1n) is 6.24. The molecule has 0 radical (unpaired) electrons. The third-order valence-electron chi connectivity index (χ3n) is 3.56. The number of carbonyl (C=O) groups is 1. The van der Waals surface area contributed by atoms with E-state index >= 15 is 0 Å². The van der Waals surface area contributed by atoms with Gasteiger partial charge in [-0.2, -0.15) is 0 Å². The number of anilines is 1. The summed E-state index contributed by atoms with van der Waals surface area (Å²) in [6.07, 6.45) is 4.89. The van der Waals surface area contributed by atoms with E-state index in [0.717, 1.165) is 0 Å². The second-order valence-electron chi connectivity index (χ2n) is 4.81. The van der Waals surface area contributed by atoms with E-state index in [-0.39, 0.29) is 11.6 Å². The van der Waals surface area contributed by atoms with Gasteiger partial charge >= 0.3 is 5.97 Å². The van der Waals surface area contributed by atoms with Crippen molar-refractivity contribution < 1.29 is 9.90 Å². The van der Waals surface area contributed by atoms with E-state index in [1.807, 2.05) is 0 Å². The summed E-state index contributed by atoms with van der Waals surface area (Å²) < 4.78 is 0. The fraction of sp³-hybridized carbons (Fsp3) is 0.538. The lowest BCUT2D eigenvalue weighted by molar-refractivity contribution is 0.0697. The summed E-state index contributed by atoms with van der Waals surface area (Å²) in [6.45, 7) is 2.07. The molecule has 0 saturated heterocycles. The Hall–Kier alpha value is -1.29. The van der Waals surface area contributed by atoms with E-state index in [2.05, 4.69) is 17.2 Å². The highest BCUT2D eigenvalue weighted by Gasteiger charge is 2.23. The Balaban J connectivity index is 2.16. The summed E-state index contributed by atoms with van der Waals surface area (Å²) >= 11 is 5.82. The number of rotatable bonds is 4. The number of hydrogen-bond donors (Lipinski definition) is 2. The van der Waals surface area contributed by atoms with Gasteiger partial charge in [0, 0.05) is 6.04 Å². The van der Waals surface area contributed by atoms with Crippen LogP contribution in [0.4, 0.5) is 5.82 Å². The molecule has 4 nitrogen and oxygen atoms in total. The molecule has 1 aromatic heterocycles. The zero-order chi connectivity index (χ0) is 13.1. The van der Waals surface area contributed by atoms with Crippen LogP contribution in [0, 0.1) is 5.92 Å². The first-order valence-corrected chi connectivity index (χ1v) is 6.62. The van der Waals surface area contributed by atoms with E-state index < -0.39 is 5.97 Å². The van der Waals surface area contributed by atoms with Crippen molar-refractivity contribution in [2.75, 3.05) is 5.32 Å². The topological polar surface area (TPSA) is 62.2 Å². The minimum atomic E-state index is -0.986. The third kappa shape index (κ3) is 2.93. The first-order chi connectivity index (χ1) is 8.58. The molecular weight excluding hydrogens is 252 g/mol. The fourth-order valence-electron chi connectivity index (χ4n) is 2.51. The zero-order valence-corrected chi connectivity index (χ0v) is 11.1. The minimum Gasteiger partial charge on any atom is -0.478 e. The summed E-state index contributed by atoms with van der Waals surface area (Å²) in [6, 6.07) is 3.20. The molecule has 1 aromatic rings. The molecule has 0 bridgehead atoms. The molecule has 18 heavy (non-hydrogen) atoms. The number of pyridine rings is 1. The molecule has 1 heterocycles. The van der Waals surface area contributed by atoms with Gasteiger partial charge in [0.1, 0.15) is 16.5 Å². The Kier molecular flexibility index (Phi) is 4.07. The Labute approximate surface area is 111 Å². The van der Waals surface area contributed by atoms with Gasteiger partial charge in [0.05, 0.1) is 0 Å². The first kappa shape index (κ1) is 13.1. The number of aromatic nitrogens is 1. The molecule has 0 amide bonds. The van der Waals surface area contributed by atoms with Crippen molar-refractivity contribution in [3.8, 4) is 0 Å². The number of carboxylic acids is 1. The molecule has 5 heteroatoms. The largest absolute Gasteiger partial charge is 0.478 e. The maximum atomic E-state index is 11.1. The second-order valence-corrected chi connectivity index (χ2v) is 5.20. The van der Waals surface area contributed by atoms with Crippen LogP contribution in [0.2, 0.25) is 5.15 Å². The molecule has 98 valence electrons. The summed E-state index contributed by atoms with van der Waals surface area (Å²) in [5.41, 5.74) is 0.171. The van der Waals surface area contributed by atoms with Crippen LogP contribution in [0.15, 0.2) is 12.1 Å². The van der Waals surface area contributed by atoms with E-state index in [4.69, 9.17) is 16.7 Å². The van der Waals surface area contributed by atoms with Gasteiger partial charge in [0.15, 0.2) is 0 Å². The van der Waals surface area contributed by atoms with Crippen LogP contribution in [0.3, 0.4) is 0 Å².